The van der Waals surface area contributed by atoms with E-state index in [0.717, 1.165) is 28.6 Å². The van der Waals surface area contributed by atoms with Crippen molar-refractivity contribution in [2.75, 3.05) is 19.4 Å². The quantitative estimate of drug-likeness (QED) is 0.494. The van der Waals surface area contributed by atoms with Gasteiger partial charge < -0.3 is 10.6 Å². The summed E-state index contributed by atoms with van der Waals surface area (Å²) < 4.78 is 25.6. The number of sulfonamides is 1. The number of hydrogen-bond donors (Lipinski definition) is 3. The van der Waals surface area contributed by atoms with Crippen LogP contribution in [-0.2, 0) is 14.8 Å². The molecule has 0 aromatic heterocycles. The topological polar surface area (TPSA) is 111 Å². The van der Waals surface area contributed by atoms with Crippen LogP contribution in [0.1, 0.15) is 32.1 Å². The second-order valence-electron chi connectivity index (χ2n) is 7.09. The van der Waals surface area contributed by atoms with Crippen LogP contribution in [0.25, 0.3) is 0 Å². The van der Waals surface area contributed by atoms with Gasteiger partial charge in [0, 0.05) is 19.8 Å². The third-order valence-corrected chi connectivity index (χ3v) is 6.96. The normalized spacial score (nSPS) is 19.0. The molecule has 3 amide bonds. The molecule has 3 rings (SSSR count). The van der Waals surface area contributed by atoms with Crippen molar-refractivity contribution >= 4 is 45.0 Å². The second kappa shape index (κ2) is 7.64. The number of benzene rings is 1. The van der Waals surface area contributed by atoms with Gasteiger partial charge in [-0.3, -0.25) is 10.2 Å². The molecule has 1 aromatic carbocycles. The first-order chi connectivity index (χ1) is 13.2. The minimum absolute atomic E-state index is 0.00996. The lowest BCUT2D eigenvalue weighted by Crippen LogP contribution is -2.51. The molecule has 0 radical (unpaired) electrons. The van der Waals surface area contributed by atoms with Crippen LogP contribution in [0, 0.1) is 0 Å². The van der Waals surface area contributed by atoms with Gasteiger partial charge in [0.15, 0.2) is 5.11 Å². The summed E-state index contributed by atoms with van der Waals surface area (Å²) in [5.41, 5.74) is 2.18. The zero-order valence-electron chi connectivity index (χ0n) is 15.7. The summed E-state index contributed by atoms with van der Waals surface area (Å²) in [4.78, 5) is 25.1. The van der Waals surface area contributed by atoms with Gasteiger partial charge in [-0.1, -0.05) is 25.3 Å². The molecule has 0 bridgehead atoms. The number of nitrogens with one attached hydrogen (secondary N) is 3. The molecule has 152 valence electrons. The number of anilines is 1. The monoisotopic (exact) mass is 425 g/mol. The number of nitrogens with zero attached hydrogens (tertiary/aromatic N) is 2. The maximum absolute atomic E-state index is 12.7. The molecule has 1 aromatic rings. The number of hydrazine groups is 1. The van der Waals surface area contributed by atoms with Gasteiger partial charge in [-0.05, 0) is 43.3 Å². The van der Waals surface area contributed by atoms with E-state index in [2.05, 4.69) is 16.1 Å². The molecule has 1 heterocycles. The highest BCUT2D eigenvalue weighted by Crippen LogP contribution is 2.33. The zero-order valence-corrected chi connectivity index (χ0v) is 17.3. The second-order valence-corrected chi connectivity index (χ2v) is 9.65. The van der Waals surface area contributed by atoms with Crippen molar-refractivity contribution < 1.29 is 18.0 Å². The van der Waals surface area contributed by atoms with E-state index < -0.39 is 21.6 Å². The van der Waals surface area contributed by atoms with Crippen molar-refractivity contribution in [3.63, 3.8) is 0 Å². The predicted molar refractivity (Wildman–Crippen MR) is 108 cm³/mol. The molecule has 2 fully saturated rings. The van der Waals surface area contributed by atoms with E-state index in [-0.39, 0.29) is 15.9 Å². The molecule has 3 N–H and O–H groups in total. The van der Waals surface area contributed by atoms with E-state index in [1.54, 1.807) is 12.1 Å². The van der Waals surface area contributed by atoms with E-state index in [9.17, 15) is 18.0 Å². The Bertz CT molecular complexity index is 910. The molecular weight excluding hydrogens is 402 g/mol. The van der Waals surface area contributed by atoms with Crippen molar-refractivity contribution in [1.29, 1.82) is 0 Å². The Balaban J connectivity index is 1.69. The summed E-state index contributed by atoms with van der Waals surface area (Å²) in [6.45, 7) is 0. The lowest BCUT2D eigenvalue weighted by Gasteiger charge is -2.30. The Morgan fingerprint density at radius 3 is 2.54 bits per heavy atom. The van der Waals surface area contributed by atoms with Crippen molar-refractivity contribution in [3.05, 3.63) is 24.3 Å². The molecule has 1 saturated heterocycles. The smallest absolute Gasteiger partial charge is 0.331 e. The number of amides is 3. The van der Waals surface area contributed by atoms with Gasteiger partial charge in [0.1, 0.15) is 5.54 Å². The molecule has 9 nitrogen and oxygen atoms in total. The fourth-order valence-corrected chi connectivity index (χ4v) is 4.58. The highest BCUT2D eigenvalue weighted by Gasteiger charge is 2.51. The van der Waals surface area contributed by atoms with Crippen LogP contribution >= 0.6 is 12.2 Å². The van der Waals surface area contributed by atoms with Gasteiger partial charge in [0.2, 0.25) is 10.0 Å². The number of carbonyl (C=O) groups is 2. The number of urea groups is 1. The van der Waals surface area contributed by atoms with Gasteiger partial charge in [-0.15, -0.1) is 0 Å². The van der Waals surface area contributed by atoms with Crippen molar-refractivity contribution in [2.45, 2.75) is 42.5 Å². The first-order valence-corrected chi connectivity index (χ1v) is 10.8. The standard InChI is InChI=1S/C17H23N5O4S2/c1-21(2)28(25,26)13-8-6-7-12(11-13)18-15(27)20-22-14(23)17(19-16(22)24)9-4-3-5-10-17/h6-8,11H,3-5,9-10H2,1-2H3,(H,19,24)(H2,18,20,27). The van der Waals surface area contributed by atoms with Crippen molar-refractivity contribution in [1.82, 2.24) is 20.1 Å². The number of thiocarbonyl (C=S) groups is 1. The van der Waals surface area contributed by atoms with Crippen LogP contribution in [0.2, 0.25) is 0 Å². The molecule has 11 heteroatoms. The van der Waals surface area contributed by atoms with Gasteiger partial charge in [-0.25, -0.2) is 17.5 Å². The summed E-state index contributed by atoms with van der Waals surface area (Å²) in [6.07, 6.45) is 4.04. The number of carbonyl (C=O) groups excluding carboxylic acids is 2. The summed E-state index contributed by atoms with van der Waals surface area (Å²) >= 11 is 5.20. The zero-order chi connectivity index (χ0) is 20.5. The number of hydrogen-bond acceptors (Lipinski definition) is 5. The summed E-state index contributed by atoms with van der Waals surface area (Å²) in [7, 11) is -0.703. The van der Waals surface area contributed by atoms with Gasteiger partial charge in [0.05, 0.1) is 4.90 Å². The SMILES string of the molecule is CN(C)S(=O)(=O)c1cccc(NC(=S)NN2C(=O)NC3(CCCCC3)C2=O)c1. The van der Waals surface area contributed by atoms with Gasteiger partial charge >= 0.3 is 6.03 Å². The average molecular weight is 426 g/mol. The first-order valence-electron chi connectivity index (χ1n) is 8.93. The predicted octanol–water partition coefficient (Wildman–Crippen LogP) is 1.39. The van der Waals surface area contributed by atoms with E-state index in [0.29, 0.717) is 18.5 Å². The molecular formula is C17H23N5O4S2. The van der Waals surface area contributed by atoms with E-state index >= 15 is 0 Å². The van der Waals surface area contributed by atoms with Crippen molar-refractivity contribution in [2.24, 2.45) is 0 Å². The van der Waals surface area contributed by atoms with Crippen LogP contribution in [0.15, 0.2) is 29.2 Å². The Morgan fingerprint density at radius 2 is 1.89 bits per heavy atom. The lowest BCUT2D eigenvalue weighted by atomic mass is 9.82. The van der Waals surface area contributed by atoms with Crippen LogP contribution in [0.3, 0.4) is 0 Å². The Morgan fingerprint density at radius 1 is 1.21 bits per heavy atom. The molecule has 0 atom stereocenters. The molecule has 2 aliphatic rings. The average Bonchev–Trinajstić information content (AvgIpc) is 2.86. The highest BCUT2D eigenvalue weighted by molar-refractivity contribution is 7.89. The maximum Gasteiger partial charge on any atom is 0.344 e. The number of rotatable bonds is 4. The van der Waals surface area contributed by atoms with Gasteiger partial charge in [0.25, 0.3) is 5.91 Å². The fourth-order valence-electron chi connectivity index (χ4n) is 3.42. The van der Waals surface area contributed by atoms with E-state index in [1.807, 2.05) is 0 Å². The van der Waals surface area contributed by atoms with Crippen molar-refractivity contribution in [3.8, 4) is 0 Å². The lowest BCUT2D eigenvalue weighted by molar-refractivity contribution is -0.133. The third-order valence-electron chi connectivity index (χ3n) is 4.95. The summed E-state index contributed by atoms with van der Waals surface area (Å²) in [5, 5.41) is 6.50. The van der Waals surface area contributed by atoms with E-state index in [1.165, 1.54) is 26.2 Å². The molecule has 28 heavy (non-hydrogen) atoms. The minimum atomic E-state index is -3.59. The van der Waals surface area contributed by atoms with Crippen LogP contribution in [-0.4, -0.2) is 54.4 Å². The molecule has 1 saturated carbocycles. The van der Waals surface area contributed by atoms with E-state index in [4.69, 9.17) is 12.2 Å². The Hall–Kier alpha value is -2.24. The summed E-state index contributed by atoms with van der Waals surface area (Å²) in [6, 6.07) is 5.57. The molecule has 1 aliphatic heterocycles. The van der Waals surface area contributed by atoms with Crippen LogP contribution in [0.5, 0.6) is 0 Å². The molecule has 0 unspecified atom stereocenters. The Labute approximate surface area is 169 Å². The third kappa shape index (κ3) is 3.82. The van der Waals surface area contributed by atoms with Gasteiger partial charge in [-0.2, -0.15) is 5.01 Å². The number of imide groups is 1. The summed E-state index contributed by atoms with van der Waals surface area (Å²) in [5.74, 6) is -0.342. The van der Waals surface area contributed by atoms with Crippen LogP contribution < -0.4 is 16.1 Å². The minimum Gasteiger partial charge on any atom is -0.331 e. The maximum atomic E-state index is 12.7. The molecule has 1 aliphatic carbocycles. The first kappa shape index (κ1) is 20.5. The molecule has 1 spiro atoms. The van der Waals surface area contributed by atoms with Crippen LogP contribution in [0.4, 0.5) is 10.5 Å². The fraction of sp³-hybridized carbons (Fsp3) is 0.471. The highest BCUT2D eigenvalue weighted by atomic mass is 32.2. The largest absolute Gasteiger partial charge is 0.344 e. The Kier molecular flexibility index (Phi) is 5.60.